The minimum absolute atomic E-state index is 0.120. The number of ether oxygens (including phenoxy) is 1. The van der Waals surface area contributed by atoms with Gasteiger partial charge in [0.1, 0.15) is 0 Å². The van der Waals surface area contributed by atoms with Gasteiger partial charge in [-0.05, 0) is 18.2 Å². The lowest BCUT2D eigenvalue weighted by atomic mass is 10.1. The van der Waals surface area contributed by atoms with Crippen LogP contribution in [0.25, 0.3) is 0 Å². The molecule has 1 aliphatic rings. The monoisotopic (exact) mass is 277 g/mol. The molecule has 0 spiro atoms. The standard InChI is InChI=1S/C13H15N3O4/c1-20-8(6-14)5-11(17)15-7-2-3-9-10(4-7)13(19)16-12(9)18/h2-4,8H,5-6,14H2,1H3,(H,15,17)(H,16,18,19). The number of carbonyl (C=O) groups is 3. The molecule has 4 N–H and O–H groups in total. The molecule has 1 unspecified atom stereocenters. The maximum atomic E-state index is 11.8. The lowest BCUT2D eigenvalue weighted by molar-refractivity contribution is -0.118. The third-order valence-electron chi connectivity index (χ3n) is 3.03. The largest absolute Gasteiger partial charge is 0.380 e. The molecule has 1 atom stereocenters. The van der Waals surface area contributed by atoms with E-state index in [9.17, 15) is 14.4 Å². The quantitative estimate of drug-likeness (QED) is 0.649. The second-order valence-electron chi connectivity index (χ2n) is 4.39. The van der Waals surface area contributed by atoms with Crippen LogP contribution in [0.3, 0.4) is 0 Å². The van der Waals surface area contributed by atoms with E-state index >= 15 is 0 Å². The zero-order chi connectivity index (χ0) is 14.7. The van der Waals surface area contributed by atoms with Crippen LogP contribution in [-0.4, -0.2) is 37.5 Å². The summed E-state index contributed by atoms with van der Waals surface area (Å²) in [5, 5.41) is 4.83. The van der Waals surface area contributed by atoms with E-state index in [1.54, 1.807) is 6.07 Å². The van der Waals surface area contributed by atoms with E-state index in [1.807, 2.05) is 0 Å². The van der Waals surface area contributed by atoms with E-state index < -0.39 is 11.8 Å². The summed E-state index contributed by atoms with van der Waals surface area (Å²) >= 11 is 0. The Morgan fingerprint density at radius 3 is 2.70 bits per heavy atom. The third kappa shape index (κ3) is 2.84. The summed E-state index contributed by atoms with van der Waals surface area (Å²) in [7, 11) is 1.48. The van der Waals surface area contributed by atoms with E-state index in [1.165, 1.54) is 19.2 Å². The van der Waals surface area contributed by atoms with Gasteiger partial charge in [-0.2, -0.15) is 0 Å². The van der Waals surface area contributed by atoms with Crippen LogP contribution in [-0.2, 0) is 9.53 Å². The fourth-order valence-electron chi connectivity index (χ4n) is 1.93. The molecule has 3 amide bonds. The molecule has 1 aliphatic heterocycles. The lowest BCUT2D eigenvalue weighted by Gasteiger charge is -2.12. The van der Waals surface area contributed by atoms with Crippen LogP contribution in [0, 0.1) is 0 Å². The predicted octanol–water partition coefficient (Wildman–Crippen LogP) is -0.127. The highest BCUT2D eigenvalue weighted by Crippen LogP contribution is 2.20. The predicted molar refractivity (Wildman–Crippen MR) is 71.3 cm³/mol. The zero-order valence-corrected chi connectivity index (χ0v) is 10.9. The van der Waals surface area contributed by atoms with E-state index in [0.717, 1.165) is 0 Å². The number of rotatable bonds is 5. The molecule has 0 radical (unpaired) electrons. The molecule has 0 saturated heterocycles. The summed E-state index contributed by atoms with van der Waals surface area (Å²) < 4.78 is 5.02. The molecule has 7 heteroatoms. The van der Waals surface area contributed by atoms with Crippen LogP contribution < -0.4 is 16.4 Å². The highest BCUT2D eigenvalue weighted by molar-refractivity contribution is 6.22. The van der Waals surface area contributed by atoms with Gasteiger partial charge >= 0.3 is 0 Å². The SMILES string of the molecule is COC(CN)CC(=O)Nc1ccc2c(c1)C(=O)NC2=O. The molecule has 2 rings (SSSR count). The molecule has 7 nitrogen and oxygen atoms in total. The molecule has 0 bridgehead atoms. The molecule has 0 fully saturated rings. The molecule has 1 aromatic rings. The van der Waals surface area contributed by atoms with Crippen molar-refractivity contribution in [3.63, 3.8) is 0 Å². The van der Waals surface area contributed by atoms with Gasteiger partial charge in [0, 0.05) is 19.3 Å². The first-order chi connectivity index (χ1) is 9.55. The Morgan fingerprint density at radius 1 is 1.35 bits per heavy atom. The lowest BCUT2D eigenvalue weighted by Crippen LogP contribution is -2.28. The van der Waals surface area contributed by atoms with E-state index in [4.69, 9.17) is 10.5 Å². The van der Waals surface area contributed by atoms with Gasteiger partial charge in [0.15, 0.2) is 0 Å². The van der Waals surface area contributed by atoms with E-state index in [-0.39, 0.29) is 30.5 Å². The number of methoxy groups -OCH3 is 1. The summed E-state index contributed by atoms with van der Waals surface area (Å²) in [5.74, 6) is -1.16. The first-order valence-electron chi connectivity index (χ1n) is 6.07. The van der Waals surface area contributed by atoms with Crippen LogP contribution >= 0.6 is 0 Å². The minimum atomic E-state index is -0.460. The minimum Gasteiger partial charge on any atom is -0.380 e. The van der Waals surface area contributed by atoms with Gasteiger partial charge in [0.05, 0.1) is 23.7 Å². The highest BCUT2D eigenvalue weighted by atomic mass is 16.5. The van der Waals surface area contributed by atoms with Crippen molar-refractivity contribution in [2.45, 2.75) is 12.5 Å². The smallest absolute Gasteiger partial charge is 0.259 e. The Morgan fingerprint density at radius 2 is 2.05 bits per heavy atom. The molecule has 20 heavy (non-hydrogen) atoms. The van der Waals surface area contributed by atoms with Crippen molar-refractivity contribution in [3.05, 3.63) is 29.3 Å². The highest BCUT2D eigenvalue weighted by Gasteiger charge is 2.26. The van der Waals surface area contributed by atoms with Crippen LogP contribution in [0.2, 0.25) is 0 Å². The van der Waals surface area contributed by atoms with Gasteiger partial charge in [0.25, 0.3) is 11.8 Å². The first kappa shape index (κ1) is 14.2. The molecule has 1 heterocycles. The Hall–Kier alpha value is -2.25. The molecular weight excluding hydrogens is 262 g/mol. The number of anilines is 1. The van der Waals surface area contributed by atoms with Crippen molar-refractivity contribution >= 4 is 23.4 Å². The van der Waals surface area contributed by atoms with Crippen molar-refractivity contribution in [3.8, 4) is 0 Å². The second-order valence-corrected chi connectivity index (χ2v) is 4.39. The van der Waals surface area contributed by atoms with Gasteiger partial charge in [-0.3, -0.25) is 19.7 Å². The number of amides is 3. The molecule has 0 aromatic heterocycles. The topological polar surface area (TPSA) is 111 Å². The average Bonchev–Trinajstić information content (AvgIpc) is 2.71. The van der Waals surface area contributed by atoms with Gasteiger partial charge in [-0.15, -0.1) is 0 Å². The number of hydrogen-bond acceptors (Lipinski definition) is 5. The number of fused-ring (bicyclic) bond motifs is 1. The number of carbonyl (C=O) groups excluding carboxylic acids is 3. The second kappa shape index (κ2) is 5.81. The average molecular weight is 277 g/mol. The molecule has 106 valence electrons. The number of hydrogen-bond donors (Lipinski definition) is 3. The van der Waals surface area contributed by atoms with Gasteiger partial charge < -0.3 is 15.8 Å². The van der Waals surface area contributed by atoms with Crippen molar-refractivity contribution in [1.29, 1.82) is 0 Å². The van der Waals surface area contributed by atoms with Crippen LogP contribution in [0.4, 0.5) is 5.69 Å². The Bertz CT molecular complexity index is 567. The molecule has 0 saturated carbocycles. The normalized spacial score (nSPS) is 14.7. The number of nitrogens with one attached hydrogen (secondary N) is 2. The maximum absolute atomic E-state index is 11.8. The first-order valence-corrected chi connectivity index (χ1v) is 6.07. The third-order valence-corrected chi connectivity index (χ3v) is 3.03. The Balaban J connectivity index is 2.08. The Labute approximate surface area is 115 Å². The number of imide groups is 1. The molecule has 1 aromatic carbocycles. The van der Waals surface area contributed by atoms with Crippen molar-refractivity contribution < 1.29 is 19.1 Å². The zero-order valence-electron chi connectivity index (χ0n) is 10.9. The van der Waals surface area contributed by atoms with Crippen molar-refractivity contribution in [2.24, 2.45) is 5.73 Å². The molecule has 0 aliphatic carbocycles. The van der Waals surface area contributed by atoms with Gasteiger partial charge in [-0.1, -0.05) is 0 Å². The Kier molecular flexibility index (Phi) is 4.11. The van der Waals surface area contributed by atoms with Crippen LogP contribution in [0.5, 0.6) is 0 Å². The van der Waals surface area contributed by atoms with Crippen molar-refractivity contribution in [1.82, 2.24) is 5.32 Å². The van der Waals surface area contributed by atoms with Crippen LogP contribution in [0.15, 0.2) is 18.2 Å². The summed E-state index contributed by atoms with van der Waals surface area (Å²) in [6.07, 6.45) is -0.232. The van der Waals surface area contributed by atoms with E-state index in [0.29, 0.717) is 11.3 Å². The molecular formula is C13H15N3O4. The van der Waals surface area contributed by atoms with E-state index in [2.05, 4.69) is 10.6 Å². The summed E-state index contributed by atoms with van der Waals surface area (Å²) in [5.41, 5.74) is 6.46. The fraction of sp³-hybridized carbons (Fsp3) is 0.308. The summed E-state index contributed by atoms with van der Waals surface area (Å²) in [4.78, 5) is 34.7. The number of benzene rings is 1. The fourth-order valence-corrected chi connectivity index (χ4v) is 1.93. The van der Waals surface area contributed by atoms with Crippen LogP contribution in [0.1, 0.15) is 27.1 Å². The summed E-state index contributed by atoms with van der Waals surface area (Å²) in [6.45, 7) is 0.241. The maximum Gasteiger partial charge on any atom is 0.259 e. The summed E-state index contributed by atoms with van der Waals surface area (Å²) in [6, 6.07) is 4.54. The number of nitrogens with two attached hydrogens (primary N) is 1. The van der Waals surface area contributed by atoms with Gasteiger partial charge in [-0.25, -0.2) is 0 Å². The van der Waals surface area contributed by atoms with Crippen molar-refractivity contribution in [2.75, 3.05) is 19.0 Å². The van der Waals surface area contributed by atoms with Gasteiger partial charge in [0.2, 0.25) is 5.91 Å².